The summed E-state index contributed by atoms with van der Waals surface area (Å²) in [7, 11) is 0. The van der Waals surface area contributed by atoms with Gasteiger partial charge < -0.3 is 4.74 Å². The molecule has 0 N–H and O–H groups in total. The van der Waals surface area contributed by atoms with Gasteiger partial charge in [0.1, 0.15) is 5.78 Å². The molecule has 2 aliphatic rings. The lowest BCUT2D eigenvalue weighted by Gasteiger charge is -2.42. The molecule has 0 atom stereocenters. The lowest BCUT2D eigenvalue weighted by Crippen LogP contribution is -2.54. The number of ketones is 1. The minimum absolute atomic E-state index is 0.164. The molecule has 0 aromatic carbocycles. The van der Waals surface area contributed by atoms with E-state index in [1.54, 1.807) is 0 Å². The normalized spacial score (nSPS) is 22.8. The molecule has 23 heavy (non-hydrogen) atoms. The molecular formula is C18H35N3O2. The average molecular weight is 325 g/mol. The van der Waals surface area contributed by atoms with Crippen molar-refractivity contribution in [3.8, 4) is 0 Å². The van der Waals surface area contributed by atoms with E-state index in [9.17, 15) is 4.79 Å². The van der Waals surface area contributed by atoms with Crippen LogP contribution in [0.15, 0.2) is 0 Å². The number of piperazine rings is 1. The fourth-order valence-electron chi connectivity index (χ4n) is 3.54. The van der Waals surface area contributed by atoms with E-state index in [1.165, 1.54) is 39.0 Å². The van der Waals surface area contributed by atoms with Crippen LogP contribution in [0, 0.1) is 5.92 Å². The Bertz CT molecular complexity index is 346. The second kappa shape index (κ2) is 9.72. The van der Waals surface area contributed by atoms with E-state index >= 15 is 0 Å². The van der Waals surface area contributed by atoms with Crippen LogP contribution in [0.4, 0.5) is 0 Å². The molecule has 0 radical (unpaired) electrons. The van der Waals surface area contributed by atoms with Crippen LogP contribution in [0.2, 0.25) is 0 Å². The van der Waals surface area contributed by atoms with E-state index < -0.39 is 0 Å². The summed E-state index contributed by atoms with van der Waals surface area (Å²) >= 11 is 0. The lowest BCUT2D eigenvalue weighted by molar-refractivity contribution is -0.123. The van der Waals surface area contributed by atoms with Crippen molar-refractivity contribution < 1.29 is 9.53 Å². The minimum atomic E-state index is 0.164. The SMILES string of the molecule is CCOCCN1CCN(C2CCN(CC(=O)C(C)C)CC2)CC1. The van der Waals surface area contributed by atoms with E-state index in [0.717, 1.165) is 38.9 Å². The number of carbonyl (C=O) groups is 1. The molecule has 0 amide bonds. The van der Waals surface area contributed by atoms with Crippen molar-refractivity contribution in [3.63, 3.8) is 0 Å². The Labute approximate surface area is 141 Å². The Morgan fingerprint density at radius 3 is 2.26 bits per heavy atom. The van der Waals surface area contributed by atoms with Crippen LogP contribution in [0.5, 0.6) is 0 Å². The van der Waals surface area contributed by atoms with E-state index in [-0.39, 0.29) is 5.92 Å². The first kappa shape index (κ1) is 18.8. The minimum Gasteiger partial charge on any atom is -0.380 e. The van der Waals surface area contributed by atoms with Crippen LogP contribution in [0.25, 0.3) is 0 Å². The van der Waals surface area contributed by atoms with Crippen LogP contribution < -0.4 is 0 Å². The van der Waals surface area contributed by atoms with Crippen LogP contribution in [-0.2, 0) is 9.53 Å². The molecule has 0 bridgehead atoms. The van der Waals surface area contributed by atoms with Crippen LogP contribution in [0.1, 0.15) is 33.6 Å². The molecule has 0 spiro atoms. The number of hydrogen-bond donors (Lipinski definition) is 0. The Morgan fingerprint density at radius 1 is 1.04 bits per heavy atom. The van der Waals surface area contributed by atoms with Gasteiger partial charge in [0.2, 0.25) is 0 Å². The van der Waals surface area contributed by atoms with Gasteiger partial charge in [0, 0.05) is 64.4 Å². The Hall–Kier alpha value is -0.490. The van der Waals surface area contributed by atoms with E-state index in [0.29, 0.717) is 12.3 Å². The Balaban J connectivity index is 1.64. The molecule has 5 nitrogen and oxygen atoms in total. The van der Waals surface area contributed by atoms with Crippen LogP contribution in [-0.4, -0.2) is 92.1 Å². The first-order chi connectivity index (χ1) is 11.1. The largest absolute Gasteiger partial charge is 0.380 e. The average Bonchev–Trinajstić information content (AvgIpc) is 2.56. The molecule has 0 aliphatic carbocycles. The highest BCUT2D eigenvalue weighted by molar-refractivity contribution is 5.82. The molecular weight excluding hydrogens is 290 g/mol. The highest BCUT2D eigenvalue weighted by Crippen LogP contribution is 2.18. The summed E-state index contributed by atoms with van der Waals surface area (Å²) < 4.78 is 5.45. The number of nitrogens with zero attached hydrogens (tertiary/aromatic N) is 3. The van der Waals surface area contributed by atoms with Gasteiger partial charge in [-0.1, -0.05) is 13.8 Å². The number of rotatable bonds is 8. The molecule has 0 aromatic heterocycles. The van der Waals surface area contributed by atoms with Crippen molar-refractivity contribution in [3.05, 3.63) is 0 Å². The van der Waals surface area contributed by atoms with E-state index in [2.05, 4.69) is 21.6 Å². The number of hydrogen-bond acceptors (Lipinski definition) is 5. The van der Waals surface area contributed by atoms with Gasteiger partial charge in [0.05, 0.1) is 13.2 Å². The summed E-state index contributed by atoms with van der Waals surface area (Å²) in [6.07, 6.45) is 2.43. The summed E-state index contributed by atoms with van der Waals surface area (Å²) in [4.78, 5) is 19.4. The molecule has 2 rings (SSSR count). The summed E-state index contributed by atoms with van der Waals surface area (Å²) in [5, 5.41) is 0. The topological polar surface area (TPSA) is 36.0 Å². The van der Waals surface area contributed by atoms with Crippen molar-refractivity contribution >= 4 is 5.78 Å². The lowest BCUT2D eigenvalue weighted by atomic mass is 10.0. The fraction of sp³-hybridized carbons (Fsp3) is 0.944. The maximum absolute atomic E-state index is 11.9. The van der Waals surface area contributed by atoms with Gasteiger partial charge in [-0.25, -0.2) is 0 Å². The fourth-order valence-corrected chi connectivity index (χ4v) is 3.54. The van der Waals surface area contributed by atoms with Gasteiger partial charge in [0.25, 0.3) is 0 Å². The van der Waals surface area contributed by atoms with Crippen molar-refractivity contribution in [2.24, 2.45) is 5.92 Å². The molecule has 134 valence electrons. The highest BCUT2D eigenvalue weighted by Gasteiger charge is 2.28. The maximum Gasteiger partial charge on any atom is 0.149 e. The molecule has 2 fully saturated rings. The number of likely N-dealkylation sites (tertiary alicyclic amines) is 1. The van der Waals surface area contributed by atoms with Gasteiger partial charge in [-0.3, -0.25) is 19.5 Å². The number of ether oxygens (including phenoxy) is 1. The quantitative estimate of drug-likeness (QED) is 0.629. The van der Waals surface area contributed by atoms with Crippen molar-refractivity contribution in [2.45, 2.75) is 39.7 Å². The second-order valence-corrected chi connectivity index (χ2v) is 7.20. The van der Waals surface area contributed by atoms with E-state index in [1.807, 2.05) is 13.8 Å². The predicted octanol–water partition coefficient (Wildman–Crippen LogP) is 1.33. The molecule has 2 heterocycles. The third kappa shape index (κ3) is 6.14. The number of Topliss-reactive ketones (excluding diaryl/α,β-unsaturated/α-hetero) is 1. The van der Waals surface area contributed by atoms with Crippen molar-refractivity contribution in [1.29, 1.82) is 0 Å². The second-order valence-electron chi connectivity index (χ2n) is 7.20. The number of piperidine rings is 1. The maximum atomic E-state index is 11.9. The smallest absolute Gasteiger partial charge is 0.149 e. The summed E-state index contributed by atoms with van der Waals surface area (Å²) in [5.41, 5.74) is 0. The van der Waals surface area contributed by atoms with Gasteiger partial charge in [-0.15, -0.1) is 0 Å². The zero-order valence-corrected chi connectivity index (χ0v) is 15.3. The first-order valence-electron chi connectivity index (χ1n) is 9.39. The van der Waals surface area contributed by atoms with Crippen LogP contribution >= 0.6 is 0 Å². The molecule has 2 saturated heterocycles. The van der Waals surface area contributed by atoms with Gasteiger partial charge in [0.15, 0.2) is 0 Å². The zero-order chi connectivity index (χ0) is 16.7. The predicted molar refractivity (Wildman–Crippen MR) is 93.8 cm³/mol. The monoisotopic (exact) mass is 325 g/mol. The molecule has 0 saturated carbocycles. The zero-order valence-electron chi connectivity index (χ0n) is 15.3. The van der Waals surface area contributed by atoms with Crippen molar-refractivity contribution in [1.82, 2.24) is 14.7 Å². The molecule has 5 heteroatoms. The Morgan fingerprint density at radius 2 is 1.70 bits per heavy atom. The van der Waals surface area contributed by atoms with Gasteiger partial charge >= 0.3 is 0 Å². The summed E-state index contributed by atoms with van der Waals surface area (Å²) in [5.74, 6) is 0.545. The van der Waals surface area contributed by atoms with Gasteiger partial charge in [-0.2, -0.15) is 0 Å². The van der Waals surface area contributed by atoms with Crippen LogP contribution in [0.3, 0.4) is 0 Å². The Kier molecular flexibility index (Phi) is 7.96. The van der Waals surface area contributed by atoms with Gasteiger partial charge in [-0.05, 0) is 19.8 Å². The standard InChI is InChI=1S/C18H35N3O2/c1-4-23-14-13-19-9-11-21(12-10-19)17-5-7-20(8-6-17)15-18(22)16(2)3/h16-17H,4-15H2,1-3H3. The van der Waals surface area contributed by atoms with Crippen molar-refractivity contribution in [2.75, 3.05) is 65.6 Å². The molecule has 0 aromatic rings. The molecule has 0 unspecified atom stereocenters. The molecule has 2 aliphatic heterocycles. The highest BCUT2D eigenvalue weighted by atomic mass is 16.5. The third-order valence-corrected chi connectivity index (χ3v) is 5.26. The first-order valence-corrected chi connectivity index (χ1v) is 9.39. The number of carbonyl (C=O) groups excluding carboxylic acids is 1. The van der Waals surface area contributed by atoms with E-state index in [4.69, 9.17) is 4.74 Å². The summed E-state index contributed by atoms with van der Waals surface area (Å²) in [6, 6.07) is 0.717. The third-order valence-electron chi connectivity index (χ3n) is 5.26. The summed E-state index contributed by atoms with van der Waals surface area (Å²) in [6.45, 7) is 16.3.